The van der Waals surface area contributed by atoms with Crippen LogP contribution in [0.3, 0.4) is 0 Å². The zero-order chi connectivity index (χ0) is 18.8. The van der Waals surface area contributed by atoms with Gasteiger partial charge in [-0.25, -0.2) is 9.59 Å². The zero-order valence-electron chi connectivity index (χ0n) is 15.3. The van der Waals surface area contributed by atoms with Crippen LogP contribution in [0.15, 0.2) is 12.1 Å². The van der Waals surface area contributed by atoms with Gasteiger partial charge in [0.2, 0.25) is 5.88 Å². The van der Waals surface area contributed by atoms with E-state index in [-0.39, 0.29) is 23.6 Å². The van der Waals surface area contributed by atoms with Crippen LogP contribution in [0.25, 0.3) is 0 Å². The van der Waals surface area contributed by atoms with Gasteiger partial charge < -0.3 is 24.4 Å². The standard InChI is InChI=1S/C17H25N3O5/c1-11-10-19(8-9-20(11)16(23)25-17(2,3)4)13-7-6-12(15(21)22)14(18-13)24-5/h6-7,11H,8-10H2,1-5H3,(H,21,22). The molecular formula is C17H25N3O5. The molecule has 0 aromatic carbocycles. The lowest BCUT2D eigenvalue weighted by Crippen LogP contribution is -2.55. The van der Waals surface area contributed by atoms with Gasteiger partial charge in [0.05, 0.1) is 7.11 Å². The van der Waals surface area contributed by atoms with E-state index in [9.17, 15) is 9.59 Å². The summed E-state index contributed by atoms with van der Waals surface area (Å²) in [5.41, 5.74) is -0.512. The molecule has 1 aromatic rings. The van der Waals surface area contributed by atoms with Crippen molar-refractivity contribution in [2.24, 2.45) is 0 Å². The Hall–Kier alpha value is -2.51. The molecule has 1 unspecified atom stereocenters. The SMILES string of the molecule is COc1nc(N2CCN(C(=O)OC(C)(C)C)C(C)C2)ccc1C(=O)O. The smallest absolute Gasteiger partial charge is 0.410 e. The van der Waals surface area contributed by atoms with Gasteiger partial charge >= 0.3 is 12.1 Å². The van der Waals surface area contributed by atoms with Crippen LogP contribution >= 0.6 is 0 Å². The number of aromatic nitrogens is 1. The summed E-state index contributed by atoms with van der Waals surface area (Å²) in [5, 5.41) is 9.14. The summed E-state index contributed by atoms with van der Waals surface area (Å²) in [6.07, 6.45) is -0.327. The Morgan fingerprint density at radius 1 is 1.28 bits per heavy atom. The van der Waals surface area contributed by atoms with Gasteiger partial charge in [-0.05, 0) is 39.8 Å². The molecular weight excluding hydrogens is 326 g/mol. The van der Waals surface area contributed by atoms with Crippen molar-refractivity contribution >= 4 is 17.9 Å². The monoisotopic (exact) mass is 351 g/mol. The molecule has 1 aliphatic heterocycles. The number of nitrogens with zero attached hydrogens (tertiary/aromatic N) is 3. The Bertz CT molecular complexity index is 656. The number of carbonyl (C=O) groups is 2. The van der Waals surface area contributed by atoms with Crippen LogP contribution in [0.1, 0.15) is 38.1 Å². The molecule has 0 aliphatic carbocycles. The van der Waals surface area contributed by atoms with Gasteiger partial charge in [-0.3, -0.25) is 0 Å². The van der Waals surface area contributed by atoms with Crippen LogP contribution in [0, 0.1) is 0 Å². The number of pyridine rings is 1. The lowest BCUT2D eigenvalue weighted by molar-refractivity contribution is 0.0158. The Balaban J connectivity index is 2.10. The fourth-order valence-electron chi connectivity index (χ4n) is 2.68. The Labute approximate surface area is 147 Å². The number of methoxy groups -OCH3 is 1. The number of carboxylic acids is 1. The molecule has 8 heteroatoms. The summed E-state index contributed by atoms with van der Waals surface area (Å²) >= 11 is 0. The third kappa shape index (κ3) is 4.52. The minimum absolute atomic E-state index is 0.0201. The lowest BCUT2D eigenvalue weighted by Gasteiger charge is -2.40. The van der Waals surface area contributed by atoms with E-state index in [1.165, 1.54) is 13.2 Å². The summed E-state index contributed by atoms with van der Waals surface area (Å²) in [5.74, 6) is -0.385. The number of carboxylic acid groups (broad SMARTS) is 1. The lowest BCUT2D eigenvalue weighted by atomic mass is 10.2. The first-order valence-electron chi connectivity index (χ1n) is 8.15. The number of carbonyl (C=O) groups excluding carboxylic acids is 1. The van der Waals surface area contributed by atoms with Gasteiger partial charge in [-0.1, -0.05) is 0 Å². The number of rotatable bonds is 3. The van der Waals surface area contributed by atoms with Gasteiger partial charge in [-0.2, -0.15) is 4.98 Å². The van der Waals surface area contributed by atoms with Gasteiger partial charge in [0, 0.05) is 25.7 Å². The number of aromatic carboxylic acids is 1. The number of ether oxygens (including phenoxy) is 2. The minimum Gasteiger partial charge on any atom is -0.480 e. The number of hydrogen-bond donors (Lipinski definition) is 1. The fraction of sp³-hybridized carbons (Fsp3) is 0.588. The first-order valence-corrected chi connectivity index (χ1v) is 8.15. The molecule has 0 spiro atoms. The van der Waals surface area contributed by atoms with Crippen LogP contribution in [0.2, 0.25) is 0 Å². The maximum absolute atomic E-state index is 12.3. The number of amides is 1. The van der Waals surface area contributed by atoms with Crippen molar-refractivity contribution in [2.45, 2.75) is 39.3 Å². The predicted molar refractivity (Wildman–Crippen MR) is 92.4 cm³/mol. The summed E-state index contributed by atoms with van der Waals surface area (Å²) < 4.78 is 10.5. The molecule has 1 atom stereocenters. The molecule has 1 aromatic heterocycles. The number of piperazine rings is 1. The highest BCUT2D eigenvalue weighted by molar-refractivity contribution is 5.90. The second-order valence-corrected chi connectivity index (χ2v) is 7.00. The van der Waals surface area contributed by atoms with Crippen LogP contribution in [-0.2, 0) is 4.74 Å². The summed E-state index contributed by atoms with van der Waals surface area (Å²) in [6.45, 7) is 9.11. The second kappa shape index (κ2) is 7.16. The Morgan fingerprint density at radius 3 is 2.48 bits per heavy atom. The van der Waals surface area contributed by atoms with E-state index in [0.29, 0.717) is 25.5 Å². The minimum atomic E-state index is -1.08. The van der Waals surface area contributed by atoms with E-state index >= 15 is 0 Å². The highest BCUT2D eigenvalue weighted by Crippen LogP contribution is 2.24. The molecule has 0 bridgehead atoms. The fourth-order valence-corrected chi connectivity index (χ4v) is 2.68. The normalized spacial score (nSPS) is 18.0. The molecule has 138 valence electrons. The summed E-state index contributed by atoms with van der Waals surface area (Å²) in [6, 6.07) is 3.08. The van der Waals surface area contributed by atoms with Gasteiger partial charge in [0.15, 0.2) is 0 Å². The van der Waals surface area contributed by atoms with E-state index in [0.717, 1.165) is 0 Å². The van der Waals surface area contributed by atoms with Crippen LogP contribution in [0.5, 0.6) is 5.88 Å². The molecule has 1 fully saturated rings. The molecule has 2 heterocycles. The third-order valence-electron chi connectivity index (χ3n) is 3.85. The van der Waals surface area contributed by atoms with Gasteiger partial charge in [-0.15, -0.1) is 0 Å². The maximum Gasteiger partial charge on any atom is 0.410 e. The summed E-state index contributed by atoms with van der Waals surface area (Å²) in [4.78, 5) is 31.4. The molecule has 1 aliphatic rings. The zero-order valence-corrected chi connectivity index (χ0v) is 15.3. The molecule has 8 nitrogen and oxygen atoms in total. The van der Waals surface area contributed by atoms with Crippen molar-refractivity contribution in [1.29, 1.82) is 0 Å². The van der Waals surface area contributed by atoms with E-state index < -0.39 is 11.6 Å². The highest BCUT2D eigenvalue weighted by Gasteiger charge is 2.31. The van der Waals surface area contributed by atoms with Crippen LogP contribution < -0.4 is 9.64 Å². The van der Waals surface area contributed by atoms with Crippen molar-refractivity contribution in [2.75, 3.05) is 31.6 Å². The van der Waals surface area contributed by atoms with Crippen molar-refractivity contribution in [3.63, 3.8) is 0 Å². The second-order valence-electron chi connectivity index (χ2n) is 7.00. The average Bonchev–Trinajstić information content (AvgIpc) is 2.52. The number of hydrogen-bond acceptors (Lipinski definition) is 6. The molecule has 1 amide bonds. The molecule has 25 heavy (non-hydrogen) atoms. The molecule has 0 saturated carbocycles. The summed E-state index contributed by atoms with van der Waals surface area (Å²) in [7, 11) is 1.39. The molecule has 0 radical (unpaired) electrons. The van der Waals surface area contributed by atoms with Crippen LogP contribution in [0.4, 0.5) is 10.6 Å². The topological polar surface area (TPSA) is 92.2 Å². The van der Waals surface area contributed by atoms with E-state index in [2.05, 4.69) is 4.98 Å². The van der Waals surface area contributed by atoms with Crippen molar-refractivity contribution in [3.05, 3.63) is 17.7 Å². The Morgan fingerprint density at radius 2 is 1.96 bits per heavy atom. The van der Waals surface area contributed by atoms with Gasteiger partial charge in [0.1, 0.15) is 17.0 Å². The largest absolute Gasteiger partial charge is 0.480 e. The third-order valence-corrected chi connectivity index (χ3v) is 3.85. The van der Waals surface area contributed by atoms with Crippen molar-refractivity contribution in [1.82, 2.24) is 9.88 Å². The quantitative estimate of drug-likeness (QED) is 0.892. The first-order chi connectivity index (χ1) is 11.6. The maximum atomic E-state index is 12.3. The first kappa shape index (κ1) is 18.8. The molecule has 1 saturated heterocycles. The predicted octanol–water partition coefficient (Wildman–Crippen LogP) is 2.23. The van der Waals surface area contributed by atoms with E-state index in [1.54, 1.807) is 11.0 Å². The average molecular weight is 351 g/mol. The molecule has 2 rings (SSSR count). The van der Waals surface area contributed by atoms with E-state index in [4.69, 9.17) is 14.6 Å². The van der Waals surface area contributed by atoms with E-state index in [1.807, 2.05) is 32.6 Å². The van der Waals surface area contributed by atoms with Crippen LogP contribution in [-0.4, -0.2) is 65.4 Å². The van der Waals surface area contributed by atoms with Crippen molar-refractivity contribution in [3.8, 4) is 5.88 Å². The number of anilines is 1. The van der Waals surface area contributed by atoms with Crippen molar-refractivity contribution < 1.29 is 24.2 Å². The highest BCUT2D eigenvalue weighted by atomic mass is 16.6. The van der Waals surface area contributed by atoms with Gasteiger partial charge in [0.25, 0.3) is 0 Å². The molecule has 1 N–H and O–H groups in total. The Kier molecular flexibility index (Phi) is 5.39.